The molecule has 0 N–H and O–H groups in total. The first-order valence-electron chi connectivity index (χ1n) is 5.24. The molecule has 0 radical (unpaired) electrons. The van der Waals surface area contributed by atoms with E-state index in [-0.39, 0.29) is 17.5 Å². The fourth-order valence-electron chi connectivity index (χ4n) is 1.50. The van der Waals surface area contributed by atoms with E-state index in [1.165, 1.54) is 6.33 Å². The summed E-state index contributed by atoms with van der Waals surface area (Å²) in [6.07, 6.45) is 1.08. The minimum atomic E-state index is -0.929. The summed E-state index contributed by atoms with van der Waals surface area (Å²) in [5.74, 6) is -0.722. The van der Waals surface area contributed by atoms with Crippen LogP contribution in [0.15, 0.2) is 18.5 Å². The zero-order valence-electron chi connectivity index (χ0n) is 9.75. The van der Waals surface area contributed by atoms with Crippen LogP contribution in [0.5, 0.6) is 5.88 Å². The van der Waals surface area contributed by atoms with Gasteiger partial charge in [0.25, 0.3) is 0 Å². The lowest BCUT2D eigenvalue weighted by atomic mass is 10.2. The zero-order valence-corrected chi connectivity index (χ0v) is 9.75. The first kappa shape index (κ1) is 12.2. The summed E-state index contributed by atoms with van der Waals surface area (Å²) in [7, 11) is 0. The van der Waals surface area contributed by atoms with E-state index in [9.17, 15) is 14.5 Å². The zero-order chi connectivity index (χ0) is 13.3. The molecule has 1 aromatic heterocycles. The van der Waals surface area contributed by atoms with Crippen molar-refractivity contribution in [1.82, 2.24) is 9.97 Å². The van der Waals surface area contributed by atoms with Gasteiger partial charge in [0.15, 0.2) is 0 Å². The van der Waals surface area contributed by atoms with E-state index in [1.807, 2.05) is 0 Å². The van der Waals surface area contributed by atoms with Crippen LogP contribution < -0.4 is 4.74 Å². The molecule has 0 atom stereocenters. The smallest absolute Gasteiger partial charge is 0.305 e. The molecule has 0 unspecified atom stereocenters. The molecule has 0 aliphatic heterocycles. The van der Waals surface area contributed by atoms with E-state index in [1.54, 1.807) is 13.8 Å². The predicted molar refractivity (Wildman–Crippen MR) is 61.9 cm³/mol. The highest BCUT2D eigenvalue weighted by Gasteiger charge is 2.18. The van der Waals surface area contributed by atoms with Crippen molar-refractivity contribution in [1.29, 1.82) is 0 Å². The van der Waals surface area contributed by atoms with Gasteiger partial charge in [0.05, 0.1) is 21.9 Å². The second-order valence-corrected chi connectivity index (χ2v) is 3.92. The lowest BCUT2D eigenvalue weighted by Crippen LogP contribution is -2.07. The van der Waals surface area contributed by atoms with Crippen molar-refractivity contribution < 1.29 is 14.1 Å². The van der Waals surface area contributed by atoms with Crippen LogP contribution in [0.25, 0.3) is 10.9 Å². The Labute approximate surface area is 102 Å². The van der Waals surface area contributed by atoms with Crippen molar-refractivity contribution in [3.63, 3.8) is 0 Å². The van der Waals surface area contributed by atoms with E-state index in [2.05, 4.69) is 9.97 Å². The molecule has 0 saturated carbocycles. The van der Waals surface area contributed by atoms with Gasteiger partial charge in [-0.25, -0.2) is 9.97 Å². The van der Waals surface area contributed by atoms with Crippen molar-refractivity contribution in [2.45, 2.75) is 20.0 Å². The van der Waals surface area contributed by atoms with Crippen LogP contribution in [0.3, 0.4) is 0 Å². The lowest BCUT2D eigenvalue weighted by Gasteiger charge is -2.10. The summed E-state index contributed by atoms with van der Waals surface area (Å²) in [4.78, 5) is 17.6. The van der Waals surface area contributed by atoms with E-state index in [0.29, 0.717) is 5.39 Å². The Morgan fingerprint density at radius 2 is 2.11 bits per heavy atom. The summed E-state index contributed by atoms with van der Waals surface area (Å²) >= 11 is 0. The molecule has 7 heteroatoms. The number of nitrogens with zero attached hydrogens (tertiary/aromatic N) is 3. The van der Waals surface area contributed by atoms with E-state index < -0.39 is 16.4 Å². The Morgan fingerprint density at radius 3 is 2.72 bits per heavy atom. The Morgan fingerprint density at radius 1 is 1.39 bits per heavy atom. The number of benzene rings is 1. The molecule has 0 spiro atoms. The number of ether oxygens (including phenoxy) is 1. The van der Waals surface area contributed by atoms with Gasteiger partial charge in [-0.3, -0.25) is 10.1 Å². The second-order valence-electron chi connectivity index (χ2n) is 3.92. The normalized spacial score (nSPS) is 10.9. The molecular formula is C11H10FN3O3. The molecule has 0 amide bonds. The molecular weight excluding hydrogens is 241 g/mol. The Hall–Kier alpha value is -2.31. The van der Waals surface area contributed by atoms with Crippen molar-refractivity contribution in [2.75, 3.05) is 0 Å². The molecule has 1 heterocycles. The predicted octanol–water partition coefficient (Wildman–Crippen LogP) is 2.46. The maximum atomic E-state index is 13.4. The van der Waals surface area contributed by atoms with Crippen LogP contribution in [-0.4, -0.2) is 21.0 Å². The Bertz CT molecular complexity index is 616. The van der Waals surface area contributed by atoms with Gasteiger partial charge in [0.1, 0.15) is 6.33 Å². The standard InChI is InChI=1S/C11H10FN3O3/c1-6(2)18-11-7-3-10(15(16)17)8(12)4-9(7)13-5-14-11/h3-6H,1-2H3. The largest absolute Gasteiger partial charge is 0.474 e. The Balaban J connectivity index is 2.67. The van der Waals surface area contributed by atoms with E-state index in [4.69, 9.17) is 4.74 Å². The third-order valence-electron chi connectivity index (χ3n) is 2.21. The van der Waals surface area contributed by atoms with Gasteiger partial charge < -0.3 is 4.74 Å². The van der Waals surface area contributed by atoms with Crippen LogP contribution in [0.2, 0.25) is 0 Å². The van der Waals surface area contributed by atoms with Gasteiger partial charge in [-0.05, 0) is 13.8 Å². The molecule has 2 rings (SSSR count). The van der Waals surface area contributed by atoms with Crippen LogP contribution >= 0.6 is 0 Å². The van der Waals surface area contributed by atoms with Gasteiger partial charge >= 0.3 is 5.69 Å². The average Bonchev–Trinajstić information content (AvgIpc) is 2.27. The summed E-state index contributed by atoms with van der Waals surface area (Å²) < 4.78 is 18.8. The highest BCUT2D eigenvalue weighted by Crippen LogP contribution is 2.28. The summed E-state index contributed by atoms with van der Waals surface area (Å²) in [5.41, 5.74) is -0.352. The van der Waals surface area contributed by atoms with Crippen LogP contribution in [-0.2, 0) is 0 Å². The van der Waals surface area contributed by atoms with Crippen LogP contribution in [0, 0.1) is 15.9 Å². The van der Waals surface area contributed by atoms with Gasteiger partial charge in [0.2, 0.25) is 11.7 Å². The maximum absolute atomic E-state index is 13.4. The molecule has 6 nitrogen and oxygen atoms in total. The van der Waals surface area contributed by atoms with Crippen LogP contribution in [0.4, 0.5) is 10.1 Å². The van der Waals surface area contributed by atoms with Gasteiger partial charge in [-0.15, -0.1) is 0 Å². The SMILES string of the molecule is CC(C)Oc1ncnc2cc(F)c([N+](=O)[O-])cc12. The van der Waals surface area contributed by atoms with Crippen molar-refractivity contribution in [3.05, 3.63) is 34.4 Å². The number of fused-ring (bicyclic) bond motifs is 1. The van der Waals surface area contributed by atoms with Gasteiger partial charge in [-0.2, -0.15) is 4.39 Å². The fraction of sp³-hybridized carbons (Fsp3) is 0.273. The molecule has 94 valence electrons. The van der Waals surface area contributed by atoms with Crippen LogP contribution in [0.1, 0.15) is 13.8 Å². The van der Waals surface area contributed by atoms with E-state index >= 15 is 0 Å². The first-order valence-corrected chi connectivity index (χ1v) is 5.24. The summed E-state index contributed by atoms with van der Waals surface area (Å²) in [6, 6.07) is 2.09. The summed E-state index contributed by atoms with van der Waals surface area (Å²) in [5, 5.41) is 11.0. The molecule has 2 aromatic rings. The van der Waals surface area contributed by atoms with Crippen molar-refractivity contribution in [2.24, 2.45) is 0 Å². The minimum absolute atomic E-state index is 0.146. The fourth-order valence-corrected chi connectivity index (χ4v) is 1.50. The number of hydrogen-bond acceptors (Lipinski definition) is 5. The number of rotatable bonds is 3. The number of hydrogen-bond donors (Lipinski definition) is 0. The Kier molecular flexibility index (Phi) is 3.05. The minimum Gasteiger partial charge on any atom is -0.474 e. The molecule has 0 fully saturated rings. The van der Waals surface area contributed by atoms with E-state index in [0.717, 1.165) is 12.1 Å². The third kappa shape index (κ3) is 2.20. The third-order valence-corrected chi connectivity index (χ3v) is 2.21. The second kappa shape index (κ2) is 4.52. The van der Waals surface area contributed by atoms with Crippen molar-refractivity contribution in [3.8, 4) is 5.88 Å². The topological polar surface area (TPSA) is 78.2 Å². The van der Waals surface area contributed by atoms with Crippen molar-refractivity contribution >= 4 is 16.6 Å². The molecule has 0 aliphatic carbocycles. The molecule has 1 aromatic carbocycles. The number of halogens is 1. The molecule has 0 bridgehead atoms. The molecule has 0 aliphatic rings. The monoisotopic (exact) mass is 251 g/mol. The number of aromatic nitrogens is 2. The maximum Gasteiger partial charge on any atom is 0.305 e. The highest BCUT2D eigenvalue weighted by atomic mass is 19.1. The van der Waals surface area contributed by atoms with Gasteiger partial charge in [0, 0.05) is 12.1 Å². The average molecular weight is 251 g/mol. The van der Waals surface area contributed by atoms with Gasteiger partial charge in [-0.1, -0.05) is 0 Å². The lowest BCUT2D eigenvalue weighted by molar-refractivity contribution is -0.387. The molecule has 0 saturated heterocycles. The highest BCUT2D eigenvalue weighted by molar-refractivity contribution is 5.85. The number of nitro benzene ring substituents is 1. The number of nitro groups is 1. The molecule has 18 heavy (non-hydrogen) atoms. The quantitative estimate of drug-likeness (QED) is 0.618. The first-order chi connectivity index (χ1) is 8.49. The summed E-state index contributed by atoms with van der Waals surface area (Å²) in [6.45, 7) is 3.59.